The maximum Gasteiger partial charge on any atom is 0.272 e. The maximum atomic E-state index is 5.35. The summed E-state index contributed by atoms with van der Waals surface area (Å²) in [5.41, 5.74) is 2.86. The SMILES string of the molecule is CCc1nc2nnc(-c3ccnc(Nc4ccccc4OC)n3)c(C)n2n1. The first-order chi connectivity index (χ1) is 13.2. The number of para-hydroxylation sites is 2. The third kappa shape index (κ3) is 3.14. The number of rotatable bonds is 5. The molecule has 0 aliphatic rings. The summed E-state index contributed by atoms with van der Waals surface area (Å²) in [5.74, 6) is 2.35. The Labute approximate surface area is 155 Å². The maximum absolute atomic E-state index is 5.35. The molecule has 9 heteroatoms. The molecule has 0 spiro atoms. The smallest absolute Gasteiger partial charge is 0.272 e. The van der Waals surface area contributed by atoms with Crippen LogP contribution < -0.4 is 10.1 Å². The molecule has 1 aromatic carbocycles. The summed E-state index contributed by atoms with van der Waals surface area (Å²) in [7, 11) is 1.62. The average Bonchev–Trinajstić information content (AvgIpc) is 3.13. The lowest BCUT2D eigenvalue weighted by molar-refractivity contribution is 0.417. The van der Waals surface area contributed by atoms with Crippen LogP contribution >= 0.6 is 0 Å². The van der Waals surface area contributed by atoms with Gasteiger partial charge in [0.1, 0.15) is 11.4 Å². The van der Waals surface area contributed by atoms with E-state index in [0.717, 1.165) is 23.6 Å². The van der Waals surface area contributed by atoms with Crippen LogP contribution in [0.3, 0.4) is 0 Å². The van der Waals surface area contributed by atoms with Crippen molar-refractivity contribution in [2.24, 2.45) is 0 Å². The molecule has 4 aromatic rings. The van der Waals surface area contributed by atoms with Crippen LogP contribution in [0.4, 0.5) is 11.6 Å². The van der Waals surface area contributed by atoms with E-state index in [1.54, 1.807) is 23.9 Å². The molecule has 0 bridgehead atoms. The number of benzene rings is 1. The first kappa shape index (κ1) is 16.8. The fraction of sp³-hybridized carbons (Fsp3) is 0.222. The van der Waals surface area contributed by atoms with Crippen molar-refractivity contribution < 1.29 is 4.74 Å². The van der Waals surface area contributed by atoms with E-state index in [-0.39, 0.29) is 0 Å². The van der Waals surface area contributed by atoms with Crippen LogP contribution in [0.2, 0.25) is 0 Å². The Hall–Kier alpha value is -3.62. The quantitative estimate of drug-likeness (QED) is 0.578. The lowest BCUT2D eigenvalue weighted by atomic mass is 10.2. The second-order valence-corrected chi connectivity index (χ2v) is 5.82. The molecule has 0 fully saturated rings. The number of fused-ring (bicyclic) bond motifs is 1. The molecule has 0 radical (unpaired) electrons. The van der Waals surface area contributed by atoms with Gasteiger partial charge in [0.05, 0.1) is 24.2 Å². The largest absolute Gasteiger partial charge is 0.495 e. The van der Waals surface area contributed by atoms with E-state index in [2.05, 4.69) is 35.6 Å². The molecule has 1 N–H and O–H groups in total. The average molecular weight is 362 g/mol. The monoisotopic (exact) mass is 362 g/mol. The highest BCUT2D eigenvalue weighted by Gasteiger charge is 2.14. The van der Waals surface area contributed by atoms with Gasteiger partial charge in [0.25, 0.3) is 5.78 Å². The second-order valence-electron chi connectivity index (χ2n) is 5.82. The van der Waals surface area contributed by atoms with Gasteiger partial charge in [0, 0.05) is 12.6 Å². The molecule has 0 unspecified atom stereocenters. The molecule has 0 saturated heterocycles. The number of aromatic nitrogens is 7. The summed E-state index contributed by atoms with van der Waals surface area (Å²) < 4.78 is 7.04. The summed E-state index contributed by atoms with van der Waals surface area (Å²) in [5, 5.41) is 16.1. The summed E-state index contributed by atoms with van der Waals surface area (Å²) in [6, 6.07) is 9.36. The Kier molecular flexibility index (Phi) is 4.33. The molecular weight excluding hydrogens is 344 g/mol. The van der Waals surface area contributed by atoms with Gasteiger partial charge in [-0.15, -0.1) is 15.3 Å². The number of ether oxygens (including phenoxy) is 1. The fourth-order valence-electron chi connectivity index (χ4n) is 2.71. The zero-order chi connectivity index (χ0) is 18.8. The van der Waals surface area contributed by atoms with E-state index in [1.165, 1.54) is 0 Å². The number of nitrogens with zero attached hydrogens (tertiary/aromatic N) is 7. The minimum atomic E-state index is 0.436. The van der Waals surface area contributed by atoms with Gasteiger partial charge in [-0.05, 0) is 25.1 Å². The summed E-state index contributed by atoms with van der Waals surface area (Å²) in [4.78, 5) is 13.2. The van der Waals surface area contributed by atoms with E-state index in [4.69, 9.17) is 4.74 Å². The second kappa shape index (κ2) is 6.94. The van der Waals surface area contributed by atoms with Crippen LogP contribution in [0, 0.1) is 6.92 Å². The van der Waals surface area contributed by atoms with Gasteiger partial charge in [0.15, 0.2) is 5.82 Å². The van der Waals surface area contributed by atoms with Gasteiger partial charge in [-0.2, -0.15) is 9.50 Å². The summed E-state index contributed by atoms with van der Waals surface area (Å²) >= 11 is 0. The Balaban J connectivity index is 1.72. The standard InChI is InChI=1S/C18H18N8O/c1-4-15-22-18-24-23-16(11(2)26(18)25-15)13-9-10-19-17(21-13)20-12-7-5-6-8-14(12)27-3/h5-10H,4H2,1-3H3,(H,19,20,21). The van der Waals surface area contributed by atoms with Crippen LogP contribution in [0.5, 0.6) is 5.75 Å². The van der Waals surface area contributed by atoms with Crippen LogP contribution in [0.25, 0.3) is 17.2 Å². The van der Waals surface area contributed by atoms with Crippen molar-refractivity contribution in [1.82, 2.24) is 34.8 Å². The topological polar surface area (TPSA) is 103 Å². The fourth-order valence-corrected chi connectivity index (χ4v) is 2.71. The summed E-state index contributed by atoms with van der Waals surface area (Å²) in [6.45, 7) is 3.92. The van der Waals surface area contributed by atoms with E-state index < -0.39 is 0 Å². The van der Waals surface area contributed by atoms with Gasteiger partial charge >= 0.3 is 0 Å². The van der Waals surface area contributed by atoms with Crippen molar-refractivity contribution in [2.75, 3.05) is 12.4 Å². The number of aryl methyl sites for hydroxylation is 2. The number of hydrogen-bond acceptors (Lipinski definition) is 8. The zero-order valence-electron chi connectivity index (χ0n) is 15.2. The van der Waals surface area contributed by atoms with Crippen LogP contribution in [0.1, 0.15) is 18.4 Å². The van der Waals surface area contributed by atoms with Gasteiger partial charge in [0.2, 0.25) is 5.95 Å². The molecule has 27 heavy (non-hydrogen) atoms. The lowest BCUT2D eigenvalue weighted by Gasteiger charge is -2.10. The van der Waals surface area contributed by atoms with Crippen molar-refractivity contribution in [3.05, 3.63) is 48.0 Å². The Morgan fingerprint density at radius 2 is 1.96 bits per heavy atom. The molecule has 3 aromatic heterocycles. The van der Waals surface area contributed by atoms with E-state index >= 15 is 0 Å². The predicted octanol–water partition coefficient (Wildman–Crippen LogP) is 2.60. The molecule has 0 aliphatic carbocycles. The number of methoxy groups -OCH3 is 1. The van der Waals surface area contributed by atoms with Crippen molar-refractivity contribution >= 4 is 17.4 Å². The van der Waals surface area contributed by atoms with Gasteiger partial charge < -0.3 is 10.1 Å². The van der Waals surface area contributed by atoms with Gasteiger partial charge in [-0.25, -0.2) is 9.97 Å². The molecule has 0 saturated carbocycles. The minimum Gasteiger partial charge on any atom is -0.495 e. The van der Waals surface area contributed by atoms with Gasteiger partial charge in [-0.3, -0.25) is 0 Å². The minimum absolute atomic E-state index is 0.436. The molecule has 0 amide bonds. The molecule has 9 nitrogen and oxygen atoms in total. The highest BCUT2D eigenvalue weighted by molar-refractivity contribution is 5.64. The number of anilines is 2. The molecule has 4 rings (SSSR count). The Morgan fingerprint density at radius 1 is 1.11 bits per heavy atom. The normalized spacial score (nSPS) is 10.9. The third-order valence-corrected chi connectivity index (χ3v) is 4.10. The molecule has 0 atom stereocenters. The predicted molar refractivity (Wildman–Crippen MR) is 100.0 cm³/mol. The third-order valence-electron chi connectivity index (χ3n) is 4.10. The molecule has 136 valence electrons. The van der Waals surface area contributed by atoms with Crippen LogP contribution in [-0.2, 0) is 6.42 Å². The van der Waals surface area contributed by atoms with E-state index in [1.807, 2.05) is 38.1 Å². The van der Waals surface area contributed by atoms with Crippen molar-refractivity contribution in [2.45, 2.75) is 20.3 Å². The van der Waals surface area contributed by atoms with Crippen LogP contribution in [-0.4, -0.2) is 41.9 Å². The van der Waals surface area contributed by atoms with Crippen LogP contribution in [0.15, 0.2) is 36.5 Å². The first-order valence-corrected chi connectivity index (χ1v) is 8.52. The first-order valence-electron chi connectivity index (χ1n) is 8.52. The lowest BCUT2D eigenvalue weighted by Crippen LogP contribution is -2.05. The summed E-state index contributed by atoms with van der Waals surface area (Å²) in [6.07, 6.45) is 2.41. The molecule has 3 heterocycles. The van der Waals surface area contributed by atoms with E-state index in [9.17, 15) is 0 Å². The van der Waals surface area contributed by atoms with Gasteiger partial charge in [-0.1, -0.05) is 19.1 Å². The molecular formula is C18H18N8O. The highest BCUT2D eigenvalue weighted by atomic mass is 16.5. The van der Waals surface area contributed by atoms with Crippen molar-refractivity contribution in [3.8, 4) is 17.1 Å². The number of nitrogens with one attached hydrogen (secondary N) is 1. The highest BCUT2D eigenvalue weighted by Crippen LogP contribution is 2.26. The zero-order valence-corrected chi connectivity index (χ0v) is 15.2. The Bertz CT molecular complexity index is 1110. The number of hydrogen-bond donors (Lipinski definition) is 1. The van der Waals surface area contributed by atoms with Crippen molar-refractivity contribution in [3.63, 3.8) is 0 Å². The van der Waals surface area contributed by atoms with Crippen molar-refractivity contribution in [1.29, 1.82) is 0 Å². The molecule has 0 aliphatic heterocycles. The Morgan fingerprint density at radius 3 is 2.78 bits per heavy atom. The van der Waals surface area contributed by atoms with E-state index in [0.29, 0.717) is 28.9 Å².